The van der Waals surface area contributed by atoms with Gasteiger partial charge in [-0.3, -0.25) is 0 Å². The first-order valence-electron chi connectivity index (χ1n) is 8.42. The first-order valence-corrected chi connectivity index (χ1v) is 8.42. The summed E-state index contributed by atoms with van der Waals surface area (Å²) in [4.78, 5) is 17.7. The standard InChI is InChI=1S/C17H22N6O/c18-17-20-14(12-9-13(24)10-12)11-16(21-17)23-7-5-22(6-8-23)15-3-1-2-4-19-15/h1-4,11-13,24H,5-10H2,(H2,18,20,21). The van der Waals surface area contributed by atoms with Gasteiger partial charge in [-0.15, -0.1) is 0 Å². The van der Waals surface area contributed by atoms with Crippen LogP contribution in [0, 0.1) is 0 Å². The lowest BCUT2D eigenvalue weighted by Gasteiger charge is -2.36. The number of hydrogen-bond acceptors (Lipinski definition) is 7. The number of hydrogen-bond donors (Lipinski definition) is 2. The van der Waals surface area contributed by atoms with E-state index in [2.05, 4.69) is 24.8 Å². The molecule has 0 amide bonds. The van der Waals surface area contributed by atoms with Crippen LogP contribution in [0.5, 0.6) is 0 Å². The molecular weight excluding hydrogens is 304 g/mol. The van der Waals surface area contributed by atoms with E-state index in [0.717, 1.165) is 56.4 Å². The normalized spacial score (nSPS) is 23.9. The Bertz CT molecular complexity index is 695. The Morgan fingerprint density at radius 2 is 1.71 bits per heavy atom. The molecule has 3 N–H and O–H groups in total. The van der Waals surface area contributed by atoms with Crippen LogP contribution in [-0.4, -0.2) is 52.3 Å². The molecule has 0 unspecified atom stereocenters. The maximum Gasteiger partial charge on any atom is 0.222 e. The van der Waals surface area contributed by atoms with E-state index < -0.39 is 0 Å². The summed E-state index contributed by atoms with van der Waals surface area (Å²) in [5, 5.41) is 9.51. The van der Waals surface area contributed by atoms with Gasteiger partial charge in [-0.2, -0.15) is 4.98 Å². The molecule has 3 heterocycles. The maximum atomic E-state index is 9.51. The molecule has 7 nitrogen and oxygen atoms in total. The summed E-state index contributed by atoms with van der Waals surface area (Å²) in [6.45, 7) is 3.55. The molecule has 1 aliphatic heterocycles. The molecule has 0 aromatic carbocycles. The molecule has 24 heavy (non-hydrogen) atoms. The lowest BCUT2D eigenvalue weighted by atomic mass is 9.80. The van der Waals surface area contributed by atoms with Crippen molar-refractivity contribution < 1.29 is 5.11 Å². The smallest absolute Gasteiger partial charge is 0.222 e. The van der Waals surface area contributed by atoms with Gasteiger partial charge in [0.05, 0.1) is 11.8 Å². The van der Waals surface area contributed by atoms with Crippen LogP contribution in [0.4, 0.5) is 17.6 Å². The Morgan fingerprint density at radius 1 is 1.00 bits per heavy atom. The quantitative estimate of drug-likeness (QED) is 0.870. The van der Waals surface area contributed by atoms with Gasteiger partial charge in [0, 0.05) is 44.4 Å². The van der Waals surface area contributed by atoms with E-state index in [1.807, 2.05) is 30.5 Å². The number of nitrogens with zero attached hydrogens (tertiary/aromatic N) is 5. The predicted molar refractivity (Wildman–Crippen MR) is 93.1 cm³/mol. The zero-order chi connectivity index (χ0) is 16.5. The molecule has 0 bridgehead atoms. The molecule has 1 saturated carbocycles. The van der Waals surface area contributed by atoms with Gasteiger partial charge in [0.1, 0.15) is 11.6 Å². The van der Waals surface area contributed by atoms with E-state index in [4.69, 9.17) is 5.73 Å². The third-order valence-electron chi connectivity index (χ3n) is 4.86. The highest BCUT2D eigenvalue weighted by molar-refractivity contribution is 5.48. The van der Waals surface area contributed by atoms with Gasteiger partial charge in [0.15, 0.2) is 0 Å². The van der Waals surface area contributed by atoms with Crippen molar-refractivity contribution in [1.82, 2.24) is 15.0 Å². The van der Waals surface area contributed by atoms with E-state index >= 15 is 0 Å². The molecular formula is C17H22N6O. The van der Waals surface area contributed by atoms with E-state index in [1.54, 1.807) is 0 Å². The summed E-state index contributed by atoms with van der Waals surface area (Å²) in [6.07, 6.45) is 3.16. The molecule has 1 saturated heterocycles. The average Bonchev–Trinajstić information content (AvgIpc) is 2.59. The molecule has 7 heteroatoms. The summed E-state index contributed by atoms with van der Waals surface area (Å²) in [6, 6.07) is 8.02. The van der Waals surface area contributed by atoms with Crippen LogP contribution < -0.4 is 15.5 Å². The molecule has 2 aromatic heterocycles. The Balaban J connectivity index is 1.45. The third kappa shape index (κ3) is 2.99. The highest BCUT2D eigenvalue weighted by atomic mass is 16.3. The van der Waals surface area contributed by atoms with Crippen molar-refractivity contribution in [3.05, 3.63) is 36.2 Å². The van der Waals surface area contributed by atoms with Crippen molar-refractivity contribution in [2.75, 3.05) is 41.7 Å². The summed E-state index contributed by atoms with van der Waals surface area (Å²) < 4.78 is 0. The van der Waals surface area contributed by atoms with E-state index in [-0.39, 0.29) is 6.10 Å². The highest BCUT2D eigenvalue weighted by Crippen LogP contribution is 2.37. The largest absolute Gasteiger partial charge is 0.393 e. The molecule has 2 aliphatic rings. The number of piperazine rings is 1. The van der Waals surface area contributed by atoms with Crippen molar-refractivity contribution in [2.45, 2.75) is 24.9 Å². The Kier molecular flexibility index (Phi) is 3.93. The van der Waals surface area contributed by atoms with Crippen LogP contribution in [0.15, 0.2) is 30.5 Å². The van der Waals surface area contributed by atoms with Crippen LogP contribution in [0.1, 0.15) is 24.5 Å². The van der Waals surface area contributed by atoms with Crippen LogP contribution >= 0.6 is 0 Å². The van der Waals surface area contributed by atoms with Gasteiger partial charge in [-0.25, -0.2) is 9.97 Å². The molecule has 4 rings (SSSR count). The Hall–Kier alpha value is -2.41. The molecule has 0 spiro atoms. The average molecular weight is 326 g/mol. The second-order valence-corrected chi connectivity index (χ2v) is 6.49. The van der Waals surface area contributed by atoms with Gasteiger partial charge in [0.2, 0.25) is 5.95 Å². The molecule has 2 aromatic rings. The van der Waals surface area contributed by atoms with Crippen LogP contribution in [0.2, 0.25) is 0 Å². The summed E-state index contributed by atoms with van der Waals surface area (Å²) in [5.41, 5.74) is 6.86. The lowest BCUT2D eigenvalue weighted by molar-refractivity contribution is 0.0732. The van der Waals surface area contributed by atoms with E-state index in [0.29, 0.717) is 11.9 Å². The SMILES string of the molecule is Nc1nc(C2CC(O)C2)cc(N2CCN(c3ccccn3)CC2)n1. The van der Waals surface area contributed by atoms with E-state index in [1.165, 1.54) is 0 Å². The fraction of sp³-hybridized carbons (Fsp3) is 0.471. The van der Waals surface area contributed by atoms with Crippen LogP contribution in [0.3, 0.4) is 0 Å². The number of nitrogens with two attached hydrogens (primary N) is 1. The number of aliphatic hydroxyl groups is 1. The molecule has 1 aliphatic carbocycles. The third-order valence-corrected chi connectivity index (χ3v) is 4.86. The summed E-state index contributed by atoms with van der Waals surface area (Å²) >= 11 is 0. The second-order valence-electron chi connectivity index (χ2n) is 6.49. The Labute approximate surface area is 141 Å². The van der Waals surface area contributed by atoms with Gasteiger partial charge < -0.3 is 20.6 Å². The number of aliphatic hydroxyl groups excluding tert-OH is 1. The van der Waals surface area contributed by atoms with Crippen molar-refractivity contribution in [2.24, 2.45) is 0 Å². The van der Waals surface area contributed by atoms with Gasteiger partial charge in [-0.1, -0.05) is 6.07 Å². The molecule has 0 atom stereocenters. The number of nitrogen functional groups attached to an aromatic ring is 1. The number of pyridine rings is 1. The van der Waals surface area contributed by atoms with Crippen molar-refractivity contribution >= 4 is 17.6 Å². The molecule has 126 valence electrons. The second kappa shape index (κ2) is 6.24. The van der Waals surface area contributed by atoms with Gasteiger partial charge in [-0.05, 0) is 25.0 Å². The van der Waals surface area contributed by atoms with Gasteiger partial charge >= 0.3 is 0 Å². The van der Waals surface area contributed by atoms with Crippen LogP contribution in [-0.2, 0) is 0 Å². The first kappa shape index (κ1) is 15.1. The lowest BCUT2D eigenvalue weighted by Crippen LogP contribution is -2.47. The molecule has 0 radical (unpaired) electrons. The summed E-state index contributed by atoms with van der Waals surface area (Å²) in [7, 11) is 0. The number of aromatic nitrogens is 3. The molecule has 2 fully saturated rings. The van der Waals surface area contributed by atoms with Gasteiger partial charge in [0.25, 0.3) is 0 Å². The fourth-order valence-electron chi connectivity index (χ4n) is 3.38. The maximum absolute atomic E-state index is 9.51. The minimum absolute atomic E-state index is 0.198. The zero-order valence-electron chi connectivity index (χ0n) is 13.5. The number of rotatable bonds is 3. The van der Waals surface area contributed by atoms with Crippen molar-refractivity contribution in [3.8, 4) is 0 Å². The minimum atomic E-state index is -0.198. The monoisotopic (exact) mass is 326 g/mol. The topological polar surface area (TPSA) is 91.4 Å². The first-order chi connectivity index (χ1) is 11.7. The predicted octanol–water partition coefficient (Wildman–Crippen LogP) is 1.02. The fourth-order valence-corrected chi connectivity index (χ4v) is 3.38. The van der Waals surface area contributed by atoms with Crippen molar-refractivity contribution in [3.63, 3.8) is 0 Å². The van der Waals surface area contributed by atoms with Crippen molar-refractivity contribution in [1.29, 1.82) is 0 Å². The minimum Gasteiger partial charge on any atom is -0.393 e. The highest BCUT2D eigenvalue weighted by Gasteiger charge is 2.31. The zero-order valence-corrected chi connectivity index (χ0v) is 13.5. The summed E-state index contributed by atoms with van der Waals surface area (Å²) in [5.74, 6) is 2.53. The van der Waals surface area contributed by atoms with Crippen LogP contribution in [0.25, 0.3) is 0 Å². The Morgan fingerprint density at radius 3 is 2.33 bits per heavy atom. The number of anilines is 3. The van der Waals surface area contributed by atoms with E-state index in [9.17, 15) is 5.11 Å².